The van der Waals surface area contributed by atoms with E-state index in [9.17, 15) is 20.1 Å². The zero-order valence-electron chi connectivity index (χ0n) is 42.3. The summed E-state index contributed by atoms with van der Waals surface area (Å²) in [5, 5.41) is 19.7. The maximum absolute atomic E-state index is 12.8. The number of aromatic nitrogens is 2. The summed E-state index contributed by atoms with van der Waals surface area (Å²) in [4.78, 5) is 38.1. The van der Waals surface area contributed by atoms with Crippen LogP contribution in [0.15, 0.2) is 97.6 Å². The average molecular weight is 1040 g/mol. The van der Waals surface area contributed by atoms with E-state index in [1.54, 1.807) is 36.7 Å². The number of ether oxygens (including phenoxy) is 6. The van der Waals surface area contributed by atoms with Gasteiger partial charge in [0, 0.05) is 85.1 Å². The summed E-state index contributed by atoms with van der Waals surface area (Å²) in [7, 11) is 0. The van der Waals surface area contributed by atoms with E-state index >= 15 is 0 Å². The summed E-state index contributed by atoms with van der Waals surface area (Å²) in [6.45, 7) is 14.6. The second-order valence-corrected chi connectivity index (χ2v) is 19.4. The number of hydrogen-bond donors (Lipinski definition) is 0. The molecule has 0 bridgehead atoms. The minimum absolute atomic E-state index is 0.140. The Bertz CT molecular complexity index is 2910. The van der Waals surface area contributed by atoms with E-state index in [4.69, 9.17) is 51.6 Å². The van der Waals surface area contributed by atoms with E-state index < -0.39 is 12.1 Å². The highest BCUT2D eigenvalue weighted by molar-refractivity contribution is 6.32. The van der Waals surface area contributed by atoms with E-state index in [-0.39, 0.29) is 50.6 Å². The first-order valence-electron chi connectivity index (χ1n) is 24.7. The maximum Gasteiger partial charge on any atom is 0.323 e. The summed E-state index contributed by atoms with van der Waals surface area (Å²) in [5.41, 5.74) is 9.83. The topological polar surface area (TPSA) is 169 Å². The molecule has 2 fully saturated rings. The molecule has 0 amide bonds. The number of carbonyl (C=O) groups is 2. The molecule has 0 N–H and O–H groups in total. The number of halogens is 2. The summed E-state index contributed by atoms with van der Waals surface area (Å²) >= 11 is 14.0. The van der Waals surface area contributed by atoms with Gasteiger partial charge in [-0.15, -0.1) is 0 Å². The number of hydrogen-bond acceptors (Lipinski definition) is 14. The lowest BCUT2D eigenvalue weighted by Gasteiger charge is -2.26. The van der Waals surface area contributed by atoms with E-state index in [2.05, 4.69) is 57.9 Å². The molecular formula is C58H58Cl2N6O8. The number of cyclic esters (lactones) is 2. The molecule has 2 aliphatic heterocycles. The van der Waals surface area contributed by atoms with Gasteiger partial charge in [-0.3, -0.25) is 29.4 Å². The smallest absolute Gasteiger partial charge is 0.323 e. The van der Waals surface area contributed by atoms with Crippen LogP contribution in [0.3, 0.4) is 0 Å². The number of rotatable bonds is 21. The quantitative estimate of drug-likeness (QED) is 0.0624. The van der Waals surface area contributed by atoms with Crippen molar-refractivity contribution in [1.29, 1.82) is 10.5 Å². The molecule has 4 heterocycles. The molecule has 4 aromatic carbocycles. The Morgan fingerprint density at radius 2 is 0.986 bits per heavy atom. The number of likely N-dealkylation sites (N-methyl/N-ethyl adjacent to an activating group) is 2. The van der Waals surface area contributed by atoms with Gasteiger partial charge in [-0.25, -0.2) is 0 Å². The normalized spacial score (nSPS) is 17.2. The van der Waals surface area contributed by atoms with Gasteiger partial charge in [0.05, 0.1) is 21.2 Å². The van der Waals surface area contributed by atoms with Crippen LogP contribution in [-0.4, -0.2) is 69.1 Å². The molecule has 4 unspecified atom stereocenters. The van der Waals surface area contributed by atoms with Gasteiger partial charge in [0.2, 0.25) is 0 Å². The van der Waals surface area contributed by atoms with Gasteiger partial charge in [0.1, 0.15) is 85.9 Å². The average Bonchev–Trinajstić information content (AvgIpc) is 3.93. The molecule has 0 saturated carbocycles. The lowest BCUT2D eigenvalue weighted by atomic mass is 9.92. The number of pyridine rings is 2. The summed E-state index contributed by atoms with van der Waals surface area (Å²) in [6, 6.07) is 26.4. The van der Waals surface area contributed by atoms with Crippen molar-refractivity contribution in [3.05, 3.63) is 163 Å². The fourth-order valence-electron chi connectivity index (χ4n) is 9.43. The van der Waals surface area contributed by atoms with Gasteiger partial charge in [-0.05, 0) is 98.4 Å². The zero-order valence-corrected chi connectivity index (χ0v) is 43.8. The Morgan fingerprint density at radius 3 is 1.35 bits per heavy atom. The monoisotopic (exact) mass is 1040 g/mol. The lowest BCUT2D eigenvalue weighted by Crippen LogP contribution is -2.38. The molecule has 4 atom stereocenters. The van der Waals surface area contributed by atoms with Crippen molar-refractivity contribution in [3.63, 3.8) is 0 Å². The second kappa shape index (κ2) is 24.2. The Labute approximate surface area is 442 Å². The third-order valence-electron chi connectivity index (χ3n) is 13.5. The molecule has 8 rings (SSSR count). The Kier molecular flexibility index (Phi) is 17.4. The predicted octanol–water partition coefficient (Wildman–Crippen LogP) is 11.2. The van der Waals surface area contributed by atoms with Crippen LogP contribution in [0, 0.1) is 36.5 Å². The highest BCUT2D eigenvalue weighted by Crippen LogP contribution is 2.39. The summed E-state index contributed by atoms with van der Waals surface area (Å²) < 4.78 is 36.8. The van der Waals surface area contributed by atoms with E-state index in [1.807, 2.05) is 64.1 Å². The summed E-state index contributed by atoms with van der Waals surface area (Å²) in [5.74, 6) is 1.40. The molecule has 0 aliphatic carbocycles. The zero-order chi connectivity index (χ0) is 52.5. The molecule has 2 saturated heterocycles. The molecular weight excluding hydrogens is 980 g/mol. The van der Waals surface area contributed by atoms with Crippen molar-refractivity contribution in [1.82, 2.24) is 19.8 Å². The van der Waals surface area contributed by atoms with Crippen molar-refractivity contribution < 1.29 is 38.0 Å². The van der Waals surface area contributed by atoms with Crippen LogP contribution in [-0.2, 0) is 58.6 Å². The van der Waals surface area contributed by atoms with Crippen molar-refractivity contribution in [3.8, 4) is 46.3 Å². The van der Waals surface area contributed by atoms with E-state index in [1.165, 1.54) is 12.4 Å². The maximum atomic E-state index is 12.8. The van der Waals surface area contributed by atoms with Crippen molar-refractivity contribution >= 4 is 35.1 Å². The fourth-order valence-corrected chi connectivity index (χ4v) is 9.91. The first kappa shape index (κ1) is 53.1. The number of benzene rings is 4. The number of esters is 2. The van der Waals surface area contributed by atoms with E-state index in [0.717, 1.165) is 55.6 Å². The van der Waals surface area contributed by atoms with Gasteiger partial charge in [-0.1, -0.05) is 73.4 Å². The van der Waals surface area contributed by atoms with Gasteiger partial charge >= 0.3 is 11.9 Å². The van der Waals surface area contributed by atoms with Crippen molar-refractivity contribution in [2.24, 2.45) is 0 Å². The molecule has 2 aliphatic rings. The van der Waals surface area contributed by atoms with Crippen molar-refractivity contribution in [2.75, 3.05) is 13.1 Å². The fraction of sp³-hybridized carbons (Fsp3) is 0.345. The lowest BCUT2D eigenvalue weighted by molar-refractivity contribution is -0.145. The Morgan fingerprint density at radius 1 is 0.581 bits per heavy atom. The third-order valence-corrected chi connectivity index (χ3v) is 14.1. The van der Waals surface area contributed by atoms with Crippen LogP contribution < -0.4 is 18.9 Å². The Hall–Kier alpha value is -7.20. The SMILES string of the molecule is CCN(Cc1cc(Cl)c(OCc2cccc(-c3cccc(COc4cc(OCc5cncc(C#N)c5)c(CN(CC)C5CC(C)OC5=O)cc4Cl)c3C)c2C)cc1OCc1cncc(C#N)c1)C1CC(C)OC1=O. The molecule has 0 spiro atoms. The van der Waals surface area contributed by atoms with Gasteiger partial charge < -0.3 is 28.4 Å². The molecule has 0 radical (unpaired) electrons. The minimum Gasteiger partial charge on any atom is -0.488 e. The van der Waals surface area contributed by atoms with E-state index in [0.29, 0.717) is 83.2 Å². The van der Waals surface area contributed by atoms with Crippen LogP contribution in [0.2, 0.25) is 10.0 Å². The van der Waals surface area contributed by atoms with Crippen LogP contribution >= 0.6 is 23.2 Å². The predicted molar refractivity (Wildman–Crippen MR) is 280 cm³/mol. The Balaban J connectivity index is 1.01. The minimum atomic E-state index is -0.393. The van der Waals surface area contributed by atoms with Crippen LogP contribution in [0.4, 0.5) is 0 Å². The number of carbonyl (C=O) groups excluding carboxylic acids is 2. The highest BCUT2D eigenvalue weighted by Gasteiger charge is 2.37. The van der Waals surface area contributed by atoms with Crippen LogP contribution in [0.1, 0.15) is 96.2 Å². The van der Waals surface area contributed by atoms with Crippen LogP contribution in [0.25, 0.3) is 11.1 Å². The molecule has 74 heavy (non-hydrogen) atoms. The molecule has 2 aromatic heterocycles. The highest BCUT2D eigenvalue weighted by atomic mass is 35.5. The largest absolute Gasteiger partial charge is 0.488 e. The first-order chi connectivity index (χ1) is 35.7. The van der Waals surface area contributed by atoms with Gasteiger partial charge in [-0.2, -0.15) is 10.5 Å². The molecule has 6 aromatic rings. The molecule has 14 nitrogen and oxygen atoms in total. The van der Waals surface area contributed by atoms with Gasteiger partial charge in [0.25, 0.3) is 0 Å². The molecule has 16 heteroatoms. The molecule has 382 valence electrons. The standard InChI is InChI=1S/C58H58Cl2N6O8/c1-7-65(51-15-35(3)73-57(51)67)29-45-19-49(59)55(21-53(45)69-31-41-17-39(23-61)25-63-27-41)71-33-43-11-9-13-47(37(43)5)48-14-10-12-44(38(48)6)34-72-56-22-54(70-32-42-18-40(24-62)26-64-28-42)46(20-50(56)60)30-66(8-2)52-16-36(4)74-58(52)68/h9-14,17-22,25-28,35-36,51-52H,7-8,15-16,29-34H2,1-6H3. The number of nitriles is 2. The summed E-state index contributed by atoms with van der Waals surface area (Å²) in [6.07, 6.45) is 7.15. The van der Waals surface area contributed by atoms with Crippen molar-refractivity contribution in [2.45, 2.75) is 118 Å². The van der Waals surface area contributed by atoms with Crippen LogP contribution in [0.5, 0.6) is 23.0 Å². The van der Waals surface area contributed by atoms with Gasteiger partial charge in [0.15, 0.2) is 0 Å². The third kappa shape index (κ3) is 12.6. The second-order valence-electron chi connectivity index (χ2n) is 18.6. The first-order valence-corrected chi connectivity index (χ1v) is 25.4. The number of nitrogens with zero attached hydrogens (tertiary/aromatic N) is 6.